The second-order valence-electron chi connectivity index (χ2n) is 5.48. The van der Waals surface area contributed by atoms with Gasteiger partial charge in [-0.05, 0) is 34.5 Å². The van der Waals surface area contributed by atoms with Crippen LogP contribution >= 0.6 is 23.2 Å². The van der Waals surface area contributed by atoms with Crippen LogP contribution in [0.25, 0.3) is 10.8 Å². The van der Waals surface area contributed by atoms with Crippen molar-refractivity contribution in [1.29, 1.82) is 0 Å². The number of rotatable bonds is 3. The Labute approximate surface area is 154 Å². The van der Waals surface area contributed by atoms with E-state index < -0.39 is 5.91 Å². The van der Waals surface area contributed by atoms with Gasteiger partial charge in [-0.3, -0.25) is 20.4 Å². The average molecular weight is 373 g/mol. The molecule has 0 atom stereocenters. The molecular weight excluding hydrogens is 359 g/mol. The predicted octanol–water partition coefficient (Wildman–Crippen LogP) is 4.15. The van der Waals surface area contributed by atoms with E-state index in [1.54, 1.807) is 6.07 Å². The number of carbonyl (C=O) groups is 2. The number of hydrogen-bond donors (Lipinski definition) is 2. The third kappa shape index (κ3) is 4.29. The van der Waals surface area contributed by atoms with Crippen LogP contribution in [-0.2, 0) is 11.2 Å². The summed E-state index contributed by atoms with van der Waals surface area (Å²) in [4.78, 5) is 24.1. The van der Waals surface area contributed by atoms with Crippen molar-refractivity contribution in [3.8, 4) is 0 Å². The van der Waals surface area contributed by atoms with Gasteiger partial charge < -0.3 is 0 Å². The van der Waals surface area contributed by atoms with Crippen LogP contribution in [0.15, 0.2) is 60.7 Å². The van der Waals surface area contributed by atoms with Crippen LogP contribution in [0.5, 0.6) is 0 Å². The van der Waals surface area contributed by atoms with Gasteiger partial charge in [0.25, 0.3) is 5.91 Å². The van der Waals surface area contributed by atoms with E-state index >= 15 is 0 Å². The standard InChI is InChI=1S/C19H14Cl2N2O2/c20-15-7-8-17(21)16(11-15)19(25)23-22-18(24)10-12-5-6-13-3-1-2-4-14(13)9-12/h1-9,11H,10H2,(H,22,24)(H,23,25). The van der Waals surface area contributed by atoms with Crippen LogP contribution in [0.3, 0.4) is 0 Å². The van der Waals surface area contributed by atoms with Crippen LogP contribution in [0.4, 0.5) is 0 Å². The Balaban J connectivity index is 1.62. The van der Waals surface area contributed by atoms with Gasteiger partial charge in [-0.15, -0.1) is 0 Å². The van der Waals surface area contributed by atoms with Crippen LogP contribution < -0.4 is 10.9 Å². The molecule has 3 aromatic rings. The van der Waals surface area contributed by atoms with Crippen molar-refractivity contribution in [2.75, 3.05) is 0 Å². The van der Waals surface area contributed by atoms with Gasteiger partial charge in [-0.2, -0.15) is 0 Å². The Hall–Kier alpha value is -2.56. The van der Waals surface area contributed by atoms with E-state index in [1.165, 1.54) is 12.1 Å². The maximum atomic E-state index is 12.1. The summed E-state index contributed by atoms with van der Waals surface area (Å²) in [7, 11) is 0. The normalized spacial score (nSPS) is 10.5. The minimum Gasteiger partial charge on any atom is -0.273 e. The zero-order valence-corrected chi connectivity index (χ0v) is 14.6. The van der Waals surface area contributed by atoms with Gasteiger partial charge >= 0.3 is 0 Å². The summed E-state index contributed by atoms with van der Waals surface area (Å²) in [5.41, 5.74) is 5.77. The molecule has 0 saturated carbocycles. The molecule has 2 amide bonds. The molecule has 0 saturated heterocycles. The number of benzene rings is 3. The molecule has 126 valence electrons. The van der Waals surface area contributed by atoms with Crippen LogP contribution in [-0.4, -0.2) is 11.8 Å². The van der Waals surface area contributed by atoms with E-state index in [9.17, 15) is 9.59 Å². The highest BCUT2D eigenvalue weighted by atomic mass is 35.5. The Morgan fingerprint density at radius 2 is 1.60 bits per heavy atom. The summed E-state index contributed by atoms with van der Waals surface area (Å²) in [6.45, 7) is 0. The SMILES string of the molecule is O=C(Cc1ccc2ccccc2c1)NNC(=O)c1cc(Cl)ccc1Cl. The van der Waals surface area contributed by atoms with Crippen molar-refractivity contribution in [3.05, 3.63) is 81.8 Å². The van der Waals surface area contributed by atoms with E-state index in [2.05, 4.69) is 10.9 Å². The molecule has 25 heavy (non-hydrogen) atoms. The van der Waals surface area contributed by atoms with E-state index in [4.69, 9.17) is 23.2 Å². The molecule has 0 heterocycles. The van der Waals surface area contributed by atoms with Crippen molar-refractivity contribution in [1.82, 2.24) is 10.9 Å². The fourth-order valence-electron chi connectivity index (χ4n) is 2.44. The average Bonchev–Trinajstić information content (AvgIpc) is 2.61. The van der Waals surface area contributed by atoms with Crippen LogP contribution in [0.1, 0.15) is 15.9 Å². The lowest BCUT2D eigenvalue weighted by Gasteiger charge is -2.09. The fourth-order valence-corrected chi connectivity index (χ4v) is 2.82. The highest BCUT2D eigenvalue weighted by molar-refractivity contribution is 6.35. The number of halogens is 2. The molecule has 0 aliphatic carbocycles. The van der Waals surface area contributed by atoms with Crippen molar-refractivity contribution in [3.63, 3.8) is 0 Å². The number of carbonyl (C=O) groups excluding carboxylic acids is 2. The lowest BCUT2D eigenvalue weighted by atomic mass is 10.1. The molecule has 0 aliphatic rings. The Morgan fingerprint density at radius 3 is 2.40 bits per heavy atom. The number of amides is 2. The third-order valence-electron chi connectivity index (χ3n) is 3.67. The van der Waals surface area contributed by atoms with Gasteiger partial charge in [-0.25, -0.2) is 0 Å². The Kier molecular flexibility index (Phi) is 5.22. The second-order valence-corrected chi connectivity index (χ2v) is 6.33. The highest BCUT2D eigenvalue weighted by Crippen LogP contribution is 2.20. The molecule has 0 radical (unpaired) electrons. The molecule has 0 fully saturated rings. The quantitative estimate of drug-likeness (QED) is 0.678. The first-order valence-electron chi connectivity index (χ1n) is 7.55. The number of hydrazine groups is 1. The summed E-state index contributed by atoms with van der Waals surface area (Å²) in [5.74, 6) is -0.860. The van der Waals surface area contributed by atoms with Gasteiger partial charge in [0.2, 0.25) is 5.91 Å². The van der Waals surface area contributed by atoms with Crippen molar-refractivity contribution in [2.24, 2.45) is 0 Å². The number of nitrogens with one attached hydrogen (secondary N) is 2. The van der Waals surface area contributed by atoms with Crippen molar-refractivity contribution >= 4 is 45.8 Å². The summed E-state index contributed by atoms with van der Waals surface area (Å²) in [6, 6.07) is 18.2. The number of fused-ring (bicyclic) bond motifs is 1. The highest BCUT2D eigenvalue weighted by Gasteiger charge is 2.12. The summed E-state index contributed by atoms with van der Waals surface area (Å²) in [5, 5.41) is 2.81. The number of hydrogen-bond acceptors (Lipinski definition) is 2. The summed E-state index contributed by atoms with van der Waals surface area (Å²) < 4.78 is 0. The maximum Gasteiger partial charge on any atom is 0.271 e. The van der Waals surface area contributed by atoms with Gasteiger partial charge in [0.05, 0.1) is 17.0 Å². The zero-order chi connectivity index (χ0) is 17.8. The smallest absolute Gasteiger partial charge is 0.271 e. The Bertz CT molecular complexity index is 957. The first-order chi connectivity index (χ1) is 12.0. The fraction of sp³-hybridized carbons (Fsp3) is 0.0526. The van der Waals surface area contributed by atoms with Gasteiger partial charge in [-0.1, -0.05) is 65.7 Å². The molecule has 6 heteroatoms. The molecule has 3 rings (SSSR count). The topological polar surface area (TPSA) is 58.2 Å². The molecule has 0 unspecified atom stereocenters. The molecule has 0 spiro atoms. The van der Waals surface area contributed by atoms with E-state index in [-0.39, 0.29) is 22.9 Å². The Morgan fingerprint density at radius 1 is 0.840 bits per heavy atom. The van der Waals surface area contributed by atoms with Gasteiger partial charge in [0, 0.05) is 5.02 Å². The third-order valence-corrected chi connectivity index (χ3v) is 4.23. The summed E-state index contributed by atoms with van der Waals surface area (Å²) in [6.07, 6.45) is 0.147. The first-order valence-corrected chi connectivity index (χ1v) is 8.30. The van der Waals surface area contributed by atoms with Crippen LogP contribution in [0.2, 0.25) is 10.0 Å². The summed E-state index contributed by atoms with van der Waals surface area (Å²) >= 11 is 11.8. The predicted molar refractivity (Wildman–Crippen MR) is 99.7 cm³/mol. The van der Waals surface area contributed by atoms with Crippen LogP contribution in [0, 0.1) is 0 Å². The van der Waals surface area contributed by atoms with Gasteiger partial charge in [0.15, 0.2) is 0 Å². The molecule has 2 N–H and O–H groups in total. The van der Waals surface area contributed by atoms with Crippen molar-refractivity contribution < 1.29 is 9.59 Å². The van der Waals surface area contributed by atoms with Crippen molar-refractivity contribution in [2.45, 2.75) is 6.42 Å². The minimum absolute atomic E-state index is 0.147. The lowest BCUT2D eigenvalue weighted by Crippen LogP contribution is -2.42. The zero-order valence-electron chi connectivity index (χ0n) is 13.1. The van der Waals surface area contributed by atoms with E-state index in [0.29, 0.717) is 5.02 Å². The molecular formula is C19H14Cl2N2O2. The van der Waals surface area contributed by atoms with Gasteiger partial charge in [0.1, 0.15) is 0 Å². The van der Waals surface area contributed by atoms with E-state index in [0.717, 1.165) is 16.3 Å². The van der Waals surface area contributed by atoms with E-state index in [1.807, 2.05) is 42.5 Å². The molecule has 0 aliphatic heterocycles. The molecule has 0 aromatic heterocycles. The second kappa shape index (κ2) is 7.55. The molecule has 4 nitrogen and oxygen atoms in total. The lowest BCUT2D eigenvalue weighted by molar-refractivity contribution is -0.121. The largest absolute Gasteiger partial charge is 0.273 e. The monoisotopic (exact) mass is 372 g/mol. The molecule has 3 aromatic carbocycles. The molecule has 0 bridgehead atoms. The maximum absolute atomic E-state index is 12.1. The first kappa shape index (κ1) is 17.3. The minimum atomic E-state index is -0.528.